The molecule has 2 rings (SSSR count). The molecule has 0 amide bonds. The number of nitrogens with zero attached hydrogens (tertiary/aromatic N) is 1. The lowest BCUT2D eigenvalue weighted by Crippen LogP contribution is -2.19. The van der Waals surface area contributed by atoms with Crippen molar-refractivity contribution in [2.45, 2.75) is 6.42 Å². The number of nitrogens with two attached hydrogens (primary N) is 1. The van der Waals surface area contributed by atoms with E-state index in [-0.39, 0.29) is 0 Å². The van der Waals surface area contributed by atoms with Crippen LogP contribution < -0.4 is 11.1 Å². The molecular formula is C13H19N3S. The van der Waals surface area contributed by atoms with Crippen LogP contribution in [0.3, 0.4) is 0 Å². The van der Waals surface area contributed by atoms with E-state index in [0.29, 0.717) is 4.99 Å². The van der Waals surface area contributed by atoms with Crippen LogP contribution in [-0.2, 0) is 0 Å². The molecule has 1 aliphatic rings. The summed E-state index contributed by atoms with van der Waals surface area (Å²) in [5.74, 6) is 0.760. The van der Waals surface area contributed by atoms with Crippen molar-refractivity contribution in [2.24, 2.45) is 11.7 Å². The zero-order valence-corrected chi connectivity index (χ0v) is 11.0. The maximum Gasteiger partial charge on any atom is 0.103 e. The number of hydrogen-bond acceptors (Lipinski definition) is 3. The van der Waals surface area contributed by atoms with E-state index in [2.05, 4.69) is 17.3 Å². The second-order valence-electron chi connectivity index (χ2n) is 4.74. The summed E-state index contributed by atoms with van der Waals surface area (Å²) in [4.78, 5) is 2.83. The van der Waals surface area contributed by atoms with Crippen molar-refractivity contribution < 1.29 is 0 Å². The standard InChI is InChI=1S/C13H19N3S/c1-16-7-6-10(9-16)8-15-12-4-2-11(3-5-12)13(14)17/h2-5,10,15H,6-9H2,1H3,(H2,14,17). The number of nitrogens with one attached hydrogen (secondary N) is 1. The van der Waals surface area contributed by atoms with Crippen molar-refractivity contribution >= 4 is 22.9 Å². The highest BCUT2D eigenvalue weighted by Gasteiger charge is 2.18. The number of hydrogen-bond donors (Lipinski definition) is 2. The fourth-order valence-electron chi connectivity index (χ4n) is 2.21. The van der Waals surface area contributed by atoms with Gasteiger partial charge in [0.2, 0.25) is 0 Å². The van der Waals surface area contributed by atoms with E-state index in [9.17, 15) is 0 Å². The van der Waals surface area contributed by atoms with Crippen LogP contribution in [0.5, 0.6) is 0 Å². The summed E-state index contributed by atoms with van der Waals surface area (Å²) in [6, 6.07) is 8.00. The first-order valence-electron chi connectivity index (χ1n) is 5.97. The van der Waals surface area contributed by atoms with Crippen molar-refractivity contribution in [1.29, 1.82) is 0 Å². The fourth-order valence-corrected chi connectivity index (χ4v) is 2.34. The minimum atomic E-state index is 0.453. The first kappa shape index (κ1) is 12.3. The molecule has 3 N–H and O–H groups in total. The van der Waals surface area contributed by atoms with Gasteiger partial charge in [0, 0.05) is 24.3 Å². The molecule has 1 aliphatic heterocycles. The molecule has 1 unspecified atom stereocenters. The third-order valence-electron chi connectivity index (χ3n) is 3.25. The summed E-state index contributed by atoms with van der Waals surface area (Å²) in [5.41, 5.74) is 7.62. The number of rotatable bonds is 4. The second-order valence-corrected chi connectivity index (χ2v) is 5.18. The normalized spacial score (nSPS) is 20.4. The molecule has 0 spiro atoms. The SMILES string of the molecule is CN1CCC(CNc2ccc(C(N)=S)cc2)C1. The van der Waals surface area contributed by atoms with Crippen molar-refractivity contribution in [1.82, 2.24) is 4.90 Å². The van der Waals surface area contributed by atoms with Gasteiger partial charge in [-0.05, 0) is 50.2 Å². The van der Waals surface area contributed by atoms with Crippen LogP contribution in [0, 0.1) is 5.92 Å². The molecule has 3 nitrogen and oxygen atoms in total. The zero-order valence-electron chi connectivity index (χ0n) is 10.1. The summed E-state index contributed by atoms with van der Waals surface area (Å²) < 4.78 is 0. The summed E-state index contributed by atoms with van der Waals surface area (Å²) in [6.07, 6.45) is 1.29. The Morgan fingerprint density at radius 3 is 2.71 bits per heavy atom. The Balaban J connectivity index is 1.85. The van der Waals surface area contributed by atoms with Crippen LogP contribution in [0.15, 0.2) is 24.3 Å². The molecule has 92 valence electrons. The van der Waals surface area contributed by atoms with Gasteiger partial charge in [-0.1, -0.05) is 12.2 Å². The number of likely N-dealkylation sites (tertiary alicyclic amines) is 1. The average Bonchev–Trinajstić information content (AvgIpc) is 2.73. The fraction of sp³-hybridized carbons (Fsp3) is 0.462. The maximum atomic E-state index is 5.56. The second kappa shape index (κ2) is 5.47. The van der Waals surface area contributed by atoms with Crippen LogP contribution >= 0.6 is 12.2 Å². The minimum Gasteiger partial charge on any atom is -0.389 e. The van der Waals surface area contributed by atoms with Crippen LogP contribution in [0.1, 0.15) is 12.0 Å². The van der Waals surface area contributed by atoms with Gasteiger partial charge < -0.3 is 16.0 Å². The van der Waals surface area contributed by atoms with Gasteiger partial charge in [-0.15, -0.1) is 0 Å². The van der Waals surface area contributed by atoms with E-state index in [0.717, 1.165) is 23.7 Å². The van der Waals surface area contributed by atoms with Crippen LogP contribution in [0.25, 0.3) is 0 Å². The lowest BCUT2D eigenvalue weighted by Gasteiger charge is -2.13. The number of anilines is 1. The molecule has 1 heterocycles. The van der Waals surface area contributed by atoms with E-state index in [1.54, 1.807) is 0 Å². The topological polar surface area (TPSA) is 41.3 Å². The predicted molar refractivity (Wildman–Crippen MR) is 76.4 cm³/mol. The van der Waals surface area contributed by atoms with Gasteiger partial charge >= 0.3 is 0 Å². The molecule has 1 saturated heterocycles. The van der Waals surface area contributed by atoms with Crippen molar-refractivity contribution in [3.8, 4) is 0 Å². The highest BCUT2D eigenvalue weighted by molar-refractivity contribution is 7.80. The summed E-state index contributed by atoms with van der Waals surface area (Å²) in [6.45, 7) is 3.45. The number of thiocarbonyl (C=S) groups is 1. The Bertz CT molecular complexity index is 388. The van der Waals surface area contributed by atoms with E-state index in [1.807, 2.05) is 24.3 Å². The molecule has 0 aromatic heterocycles. The average molecular weight is 249 g/mol. The van der Waals surface area contributed by atoms with Gasteiger partial charge in [0.15, 0.2) is 0 Å². The van der Waals surface area contributed by atoms with Gasteiger partial charge in [0.25, 0.3) is 0 Å². The molecule has 4 heteroatoms. The van der Waals surface area contributed by atoms with Crippen molar-refractivity contribution in [3.63, 3.8) is 0 Å². The Morgan fingerprint density at radius 2 is 2.18 bits per heavy atom. The van der Waals surface area contributed by atoms with Gasteiger partial charge in [-0.25, -0.2) is 0 Å². The van der Waals surface area contributed by atoms with E-state index in [4.69, 9.17) is 18.0 Å². The Kier molecular flexibility index (Phi) is 3.97. The molecule has 17 heavy (non-hydrogen) atoms. The first-order chi connectivity index (χ1) is 8.15. The molecule has 0 radical (unpaired) electrons. The zero-order chi connectivity index (χ0) is 12.3. The van der Waals surface area contributed by atoms with E-state index < -0.39 is 0 Å². The minimum absolute atomic E-state index is 0.453. The van der Waals surface area contributed by atoms with Crippen LogP contribution in [0.4, 0.5) is 5.69 Å². The quantitative estimate of drug-likeness (QED) is 0.797. The van der Waals surface area contributed by atoms with Crippen LogP contribution in [0.2, 0.25) is 0 Å². The summed E-state index contributed by atoms with van der Waals surface area (Å²) >= 11 is 4.92. The molecule has 0 bridgehead atoms. The highest BCUT2D eigenvalue weighted by atomic mass is 32.1. The van der Waals surface area contributed by atoms with Gasteiger partial charge in [-0.3, -0.25) is 0 Å². The van der Waals surface area contributed by atoms with Crippen molar-refractivity contribution in [3.05, 3.63) is 29.8 Å². The first-order valence-corrected chi connectivity index (χ1v) is 6.38. The number of benzene rings is 1. The monoisotopic (exact) mass is 249 g/mol. The lowest BCUT2D eigenvalue weighted by molar-refractivity contribution is 0.399. The molecule has 1 aromatic carbocycles. The van der Waals surface area contributed by atoms with E-state index >= 15 is 0 Å². The Labute approximate surface area is 108 Å². The molecule has 0 saturated carbocycles. The summed E-state index contributed by atoms with van der Waals surface area (Å²) in [7, 11) is 2.18. The smallest absolute Gasteiger partial charge is 0.103 e. The van der Waals surface area contributed by atoms with Gasteiger partial charge in [0.1, 0.15) is 4.99 Å². The Morgan fingerprint density at radius 1 is 1.47 bits per heavy atom. The summed E-state index contributed by atoms with van der Waals surface area (Å²) in [5, 5.41) is 3.46. The highest BCUT2D eigenvalue weighted by Crippen LogP contribution is 2.16. The predicted octanol–water partition coefficient (Wildman–Crippen LogP) is 1.68. The van der Waals surface area contributed by atoms with Crippen molar-refractivity contribution in [2.75, 3.05) is 32.0 Å². The molecule has 1 atom stereocenters. The Hall–Kier alpha value is -1.13. The maximum absolute atomic E-state index is 5.56. The van der Waals surface area contributed by atoms with E-state index in [1.165, 1.54) is 19.5 Å². The third kappa shape index (κ3) is 3.41. The lowest BCUT2D eigenvalue weighted by atomic mass is 10.1. The van der Waals surface area contributed by atoms with Gasteiger partial charge in [0.05, 0.1) is 0 Å². The molecule has 1 aromatic rings. The third-order valence-corrected chi connectivity index (χ3v) is 3.49. The van der Waals surface area contributed by atoms with Crippen LogP contribution in [-0.4, -0.2) is 36.6 Å². The molecular weight excluding hydrogens is 230 g/mol. The molecule has 1 fully saturated rings. The largest absolute Gasteiger partial charge is 0.389 e. The van der Waals surface area contributed by atoms with Gasteiger partial charge in [-0.2, -0.15) is 0 Å². The molecule has 0 aliphatic carbocycles.